The van der Waals surface area contributed by atoms with E-state index in [1.54, 1.807) is 6.07 Å². The first-order valence-electron chi connectivity index (χ1n) is 9.43. The topological polar surface area (TPSA) is 58.4 Å². The van der Waals surface area contributed by atoms with Crippen LogP contribution in [0.2, 0.25) is 10.0 Å². The Morgan fingerprint density at radius 3 is 2.39 bits per heavy atom. The first-order valence-corrected chi connectivity index (χ1v) is 10.2. The van der Waals surface area contributed by atoms with E-state index in [9.17, 15) is 4.79 Å². The summed E-state index contributed by atoms with van der Waals surface area (Å²) in [6.07, 6.45) is 1.25. The van der Waals surface area contributed by atoms with Crippen LogP contribution >= 0.6 is 23.2 Å². The predicted molar refractivity (Wildman–Crippen MR) is 122 cm³/mol. The Morgan fingerprint density at radius 2 is 1.82 bits per heavy atom. The first-order chi connectivity index (χ1) is 13.2. The van der Waals surface area contributed by atoms with Crippen molar-refractivity contribution in [3.63, 3.8) is 0 Å². The average molecular weight is 424 g/mol. The maximum Gasteiger partial charge on any atom is 0.238 e. The molecule has 4 nitrogen and oxygen atoms in total. The highest BCUT2D eigenvalue weighted by molar-refractivity contribution is 6.35. The van der Waals surface area contributed by atoms with Crippen molar-refractivity contribution < 1.29 is 4.79 Å². The number of nitrogens with zero attached hydrogens (tertiary/aromatic N) is 1. The molecule has 28 heavy (non-hydrogen) atoms. The molecule has 0 bridgehead atoms. The smallest absolute Gasteiger partial charge is 0.238 e. The number of nitrogens with two attached hydrogens (primary N) is 1. The molecule has 0 saturated carbocycles. The molecule has 0 aromatic heterocycles. The van der Waals surface area contributed by atoms with E-state index in [0.717, 1.165) is 28.9 Å². The second-order valence-electron chi connectivity index (χ2n) is 7.00. The third-order valence-corrected chi connectivity index (χ3v) is 4.64. The van der Waals surface area contributed by atoms with Crippen LogP contribution < -0.4 is 11.1 Å². The second-order valence-corrected chi connectivity index (χ2v) is 7.85. The fraction of sp³-hybridized carbons (Fsp3) is 0.409. The van der Waals surface area contributed by atoms with Crippen LogP contribution in [-0.4, -0.2) is 38.0 Å². The number of benzene rings is 2. The molecule has 0 saturated heterocycles. The van der Waals surface area contributed by atoms with Crippen molar-refractivity contribution in [3.05, 3.63) is 63.1 Å². The van der Waals surface area contributed by atoms with Crippen molar-refractivity contribution in [1.29, 1.82) is 0 Å². The van der Waals surface area contributed by atoms with Crippen LogP contribution in [0.15, 0.2) is 36.4 Å². The van der Waals surface area contributed by atoms with Gasteiger partial charge in [-0.2, -0.15) is 0 Å². The van der Waals surface area contributed by atoms with E-state index < -0.39 is 0 Å². The monoisotopic (exact) mass is 423 g/mol. The fourth-order valence-electron chi connectivity index (χ4n) is 2.82. The maximum atomic E-state index is 11.6. The van der Waals surface area contributed by atoms with E-state index in [4.69, 9.17) is 28.9 Å². The lowest BCUT2D eigenvalue weighted by Gasteiger charge is -2.25. The van der Waals surface area contributed by atoms with E-state index >= 15 is 0 Å². The molecule has 154 valence electrons. The van der Waals surface area contributed by atoms with Gasteiger partial charge < -0.3 is 16.0 Å². The Morgan fingerprint density at radius 1 is 1.18 bits per heavy atom. The van der Waals surface area contributed by atoms with E-state index in [1.165, 1.54) is 6.42 Å². The highest BCUT2D eigenvalue weighted by atomic mass is 35.5. The van der Waals surface area contributed by atoms with Gasteiger partial charge in [-0.05, 0) is 62.0 Å². The minimum Gasteiger partial charge on any atom is -0.325 e. The van der Waals surface area contributed by atoms with Gasteiger partial charge >= 0.3 is 0 Å². The molecule has 1 amide bonds. The summed E-state index contributed by atoms with van der Waals surface area (Å²) >= 11 is 12.6. The third-order valence-electron chi connectivity index (χ3n) is 4.03. The standard InChI is InChI=1S/C19H23Cl2N3O.C3H8/c1-12-16(8-14(20)9-18(12)21)17(11-24(2)3)13-5-4-6-15(7-13)23-19(25)10-22;1-3-2/h4-9,17H,10-11,22H2,1-3H3,(H,23,25);3H2,1-2H3. The van der Waals surface area contributed by atoms with Gasteiger partial charge in [0.15, 0.2) is 0 Å². The van der Waals surface area contributed by atoms with Gasteiger partial charge in [0.2, 0.25) is 5.91 Å². The summed E-state index contributed by atoms with van der Waals surface area (Å²) < 4.78 is 0. The molecule has 0 aliphatic carbocycles. The molecule has 0 radical (unpaired) electrons. The lowest BCUT2D eigenvalue weighted by Crippen LogP contribution is -2.23. The summed E-state index contributed by atoms with van der Waals surface area (Å²) in [5.41, 5.74) is 9.26. The van der Waals surface area contributed by atoms with E-state index in [0.29, 0.717) is 10.0 Å². The maximum absolute atomic E-state index is 11.6. The molecular formula is C22H31Cl2N3O. The zero-order valence-corrected chi connectivity index (χ0v) is 18.9. The van der Waals surface area contributed by atoms with Crippen LogP contribution in [-0.2, 0) is 4.79 Å². The van der Waals surface area contributed by atoms with Crippen molar-refractivity contribution in [2.24, 2.45) is 5.73 Å². The molecule has 0 fully saturated rings. The third kappa shape index (κ3) is 7.44. The molecule has 0 spiro atoms. The highest BCUT2D eigenvalue weighted by Gasteiger charge is 2.20. The number of carbonyl (C=O) groups excluding carboxylic acids is 1. The molecule has 0 aliphatic heterocycles. The van der Waals surface area contributed by atoms with Crippen LogP contribution in [0.1, 0.15) is 42.9 Å². The molecule has 1 unspecified atom stereocenters. The molecule has 0 heterocycles. The van der Waals surface area contributed by atoms with Crippen LogP contribution in [0.5, 0.6) is 0 Å². The zero-order valence-electron chi connectivity index (χ0n) is 17.4. The summed E-state index contributed by atoms with van der Waals surface area (Å²) in [7, 11) is 4.04. The van der Waals surface area contributed by atoms with Gasteiger partial charge in [0.1, 0.15) is 0 Å². The minimum atomic E-state index is -0.219. The van der Waals surface area contributed by atoms with Gasteiger partial charge in [0.25, 0.3) is 0 Å². The van der Waals surface area contributed by atoms with E-state index in [1.807, 2.05) is 51.4 Å². The van der Waals surface area contributed by atoms with Crippen LogP contribution in [0.25, 0.3) is 0 Å². The Hall–Kier alpha value is -1.59. The van der Waals surface area contributed by atoms with Crippen LogP contribution in [0.3, 0.4) is 0 Å². The van der Waals surface area contributed by atoms with Crippen molar-refractivity contribution in [2.75, 3.05) is 32.5 Å². The fourth-order valence-corrected chi connectivity index (χ4v) is 3.33. The summed E-state index contributed by atoms with van der Waals surface area (Å²) in [6, 6.07) is 11.5. The molecule has 2 aromatic carbocycles. The van der Waals surface area contributed by atoms with Gasteiger partial charge in [0, 0.05) is 28.2 Å². The summed E-state index contributed by atoms with van der Waals surface area (Å²) in [5, 5.41) is 4.06. The molecule has 3 N–H and O–H groups in total. The summed E-state index contributed by atoms with van der Waals surface area (Å²) in [6.45, 7) is 6.98. The molecule has 6 heteroatoms. The van der Waals surface area contributed by atoms with Gasteiger partial charge in [-0.25, -0.2) is 0 Å². The van der Waals surface area contributed by atoms with Crippen LogP contribution in [0, 0.1) is 6.92 Å². The van der Waals surface area contributed by atoms with E-state index in [2.05, 4.69) is 24.1 Å². The quantitative estimate of drug-likeness (QED) is 0.661. The van der Waals surface area contributed by atoms with Gasteiger partial charge in [-0.3, -0.25) is 4.79 Å². The highest BCUT2D eigenvalue weighted by Crippen LogP contribution is 2.34. The second kappa shape index (κ2) is 12.1. The number of hydrogen-bond donors (Lipinski definition) is 2. The Bertz CT molecular complexity index is 778. The number of carbonyl (C=O) groups is 1. The van der Waals surface area contributed by atoms with Crippen molar-refractivity contribution in [1.82, 2.24) is 4.90 Å². The lowest BCUT2D eigenvalue weighted by atomic mass is 9.88. The largest absolute Gasteiger partial charge is 0.325 e. The van der Waals surface area contributed by atoms with Crippen molar-refractivity contribution in [3.8, 4) is 0 Å². The number of halogens is 2. The van der Waals surface area contributed by atoms with Crippen LogP contribution in [0.4, 0.5) is 5.69 Å². The number of hydrogen-bond acceptors (Lipinski definition) is 3. The number of likely N-dealkylation sites (N-methyl/N-ethyl adjacent to an activating group) is 1. The van der Waals surface area contributed by atoms with Gasteiger partial charge in [0.05, 0.1) is 6.54 Å². The SMILES string of the molecule is CCC.Cc1c(Cl)cc(Cl)cc1C(CN(C)C)c1cccc(NC(=O)CN)c1. The number of amides is 1. The molecule has 2 rings (SSSR count). The van der Waals surface area contributed by atoms with Gasteiger partial charge in [-0.15, -0.1) is 0 Å². The van der Waals surface area contributed by atoms with E-state index in [-0.39, 0.29) is 18.4 Å². The Balaban J connectivity index is 0.00000122. The molecule has 0 aliphatic rings. The minimum absolute atomic E-state index is 0.0473. The molecular weight excluding hydrogens is 393 g/mol. The summed E-state index contributed by atoms with van der Waals surface area (Å²) in [5.74, 6) is -0.149. The lowest BCUT2D eigenvalue weighted by molar-refractivity contribution is -0.114. The Kier molecular flexibility index (Phi) is 10.5. The van der Waals surface area contributed by atoms with Crippen molar-refractivity contribution in [2.45, 2.75) is 33.1 Å². The molecule has 2 aromatic rings. The summed E-state index contributed by atoms with van der Waals surface area (Å²) in [4.78, 5) is 13.7. The van der Waals surface area contributed by atoms with Crippen molar-refractivity contribution >= 4 is 34.8 Å². The predicted octanol–water partition coefficient (Wildman–Crippen LogP) is 5.31. The van der Waals surface area contributed by atoms with Gasteiger partial charge in [-0.1, -0.05) is 55.6 Å². The number of rotatable bonds is 6. The Labute approximate surface area is 179 Å². The molecule has 1 atom stereocenters. The number of anilines is 1. The first kappa shape index (κ1) is 24.4. The normalized spacial score (nSPS) is 11.6. The average Bonchev–Trinajstić information content (AvgIpc) is 2.63. The zero-order chi connectivity index (χ0) is 21.3. The number of nitrogens with one attached hydrogen (secondary N) is 1.